The van der Waals surface area contributed by atoms with Crippen molar-refractivity contribution < 1.29 is 14.3 Å². The fraction of sp³-hybridized carbons (Fsp3) is 0.471. The molecule has 1 aliphatic heterocycles. The van der Waals surface area contributed by atoms with Gasteiger partial charge in [0.15, 0.2) is 16.7 Å². The third kappa shape index (κ3) is 3.44. The van der Waals surface area contributed by atoms with Crippen LogP contribution < -0.4 is 14.8 Å². The number of rotatable bonds is 5. The van der Waals surface area contributed by atoms with Crippen molar-refractivity contribution in [3.05, 3.63) is 24.0 Å². The number of thioether (sulfide) groups is 1. The molecule has 1 aromatic carbocycles. The van der Waals surface area contributed by atoms with Crippen LogP contribution in [0.25, 0.3) is 0 Å². The van der Waals surface area contributed by atoms with Crippen molar-refractivity contribution in [1.82, 2.24) is 14.8 Å². The average Bonchev–Trinajstić information content (AvgIpc) is 3.38. The first-order valence-electron chi connectivity index (χ1n) is 8.40. The Morgan fingerprint density at radius 2 is 2.04 bits per heavy atom. The van der Waals surface area contributed by atoms with Gasteiger partial charge in [-0.1, -0.05) is 11.8 Å². The number of anilines is 1. The summed E-state index contributed by atoms with van der Waals surface area (Å²) < 4.78 is 13.2. The first-order valence-corrected chi connectivity index (χ1v) is 9.28. The van der Waals surface area contributed by atoms with Crippen LogP contribution in [0.1, 0.15) is 31.6 Å². The SMILES string of the molecule is Cc1nnc(S[C@@H](C)C(=O)Nc2ccc3c(c2)OCCO3)n1C1CC1. The van der Waals surface area contributed by atoms with Crippen LogP contribution in [0, 0.1) is 6.92 Å². The van der Waals surface area contributed by atoms with E-state index in [2.05, 4.69) is 20.1 Å². The Labute approximate surface area is 150 Å². The molecule has 8 heteroatoms. The lowest BCUT2D eigenvalue weighted by Crippen LogP contribution is -2.23. The van der Waals surface area contributed by atoms with Crippen LogP contribution in [0.2, 0.25) is 0 Å². The third-order valence-corrected chi connectivity index (χ3v) is 5.26. The highest BCUT2D eigenvalue weighted by atomic mass is 32.2. The predicted molar refractivity (Wildman–Crippen MR) is 94.4 cm³/mol. The molecule has 1 aromatic heterocycles. The summed E-state index contributed by atoms with van der Waals surface area (Å²) in [5, 5.41) is 11.8. The normalized spacial score (nSPS) is 17.2. The Bertz CT molecular complexity index is 803. The zero-order valence-corrected chi connectivity index (χ0v) is 15.0. The fourth-order valence-corrected chi connectivity index (χ4v) is 3.72. The van der Waals surface area contributed by atoms with E-state index in [4.69, 9.17) is 9.47 Å². The minimum absolute atomic E-state index is 0.0790. The van der Waals surface area contributed by atoms with Crippen LogP contribution >= 0.6 is 11.8 Å². The van der Waals surface area contributed by atoms with Gasteiger partial charge < -0.3 is 19.4 Å². The molecule has 1 saturated carbocycles. The van der Waals surface area contributed by atoms with E-state index in [-0.39, 0.29) is 11.2 Å². The number of aryl methyl sites for hydroxylation is 1. The minimum Gasteiger partial charge on any atom is -0.486 e. The molecule has 4 rings (SSSR count). The summed E-state index contributed by atoms with van der Waals surface area (Å²) in [4.78, 5) is 12.5. The number of carbonyl (C=O) groups excluding carboxylic acids is 1. The van der Waals surface area contributed by atoms with Crippen molar-refractivity contribution >= 4 is 23.4 Å². The summed E-state index contributed by atoms with van der Waals surface area (Å²) in [5.74, 6) is 2.20. The molecule has 1 atom stereocenters. The van der Waals surface area contributed by atoms with Gasteiger partial charge in [0.2, 0.25) is 5.91 Å². The second-order valence-electron chi connectivity index (χ2n) is 6.24. The van der Waals surface area contributed by atoms with Crippen LogP contribution in [-0.4, -0.2) is 39.1 Å². The molecule has 0 unspecified atom stereocenters. The molecule has 25 heavy (non-hydrogen) atoms. The van der Waals surface area contributed by atoms with E-state index in [0.29, 0.717) is 36.4 Å². The van der Waals surface area contributed by atoms with Crippen molar-refractivity contribution in [3.8, 4) is 11.5 Å². The van der Waals surface area contributed by atoms with Crippen LogP contribution in [0.3, 0.4) is 0 Å². The Morgan fingerprint density at radius 3 is 2.80 bits per heavy atom. The number of hydrogen-bond donors (Lipinski definition) is 1. The van der Waals surface area contributed by atoms with Crippen molar-refractivity contribution in [2.45, 2.75) is 43.1 Å². The van der Waals surface area contributed by atoms with Gasteiger partial charge >= 0.3 is 0 Å². The molecule has 7 nitrogen and oxygen atoms in total. The van der Waals surface area contributed by atoms with Gasteiger partial charge in [0, 0.05) is 17.8 Å². The lowest BCUT2D eigenvalue weighted by Gasteiger charge is -2.19. The maximum atomic E-state index is 12.5. The maximum Gasteiger partial charge on any atom is 0.237 e. The number of carbonyl (C=O) groups is 1. The minimum atomic E-state index is -0.283. The summed E-state index contributed by atoms with van der Waals surface area (Å²) >= 11 is 1.44. The number of fused-ring (bicyclic) bond motifs is 1. The van der Waals surface area contributed by atoms with Gasteiger partial charge in [-0.15, -0.1) is 10.2 Å². The highest BCUT2D eigenvalue weighted by molar-refractivity contribution is 8.00. The van der Waals surface area contributed by atoms with E-state index in [1.54, 1.807) is 6.07 Å². The molecule has 1 N–H and O–H groups in total. The van der Waals surface area contributed by atoms with Crippen LogP contribution in [0.4, 0.5) is 5.69 Å². The second-order valence-corrected chi connectivity index (χ2v) is 7.55. The van der Waals surface area contributed by atoms with E-state index in [1.807, 2.05) is 26.0 Å². The van der Waals surface area contributed by atoms with Crippen molar-refractivity contribution in [3.63, 3.8) is 0 Å². The largest absolute Gasteiger partial charge is 0.486 e. The van der Waals surface area contributed by atoms with Crippen LogP contribution in [0.5, 0.6) is 11.5 Å². The summed E-state index contributed by atoms with van der Waals surface area (Å²) in [7, 11) is 0. The van der Waals surface area contributed by atoms with Crippen molar-refractivity contribution in [2.75, 3.05) is 18.5 Å². The van der Waals surface area contributed by atoms with Gasteiger partial charge in [0.05, 0.1) is 5.25 Å². The van der Waals surface area contributed by atoms with Gasteiger partial charge in [0.25, 0.3) is 0 Å². The summed E-state index contributed by atoms with van der Waals surface area (Å²) in [5.41, 5.74) is 0.696. The molecule has 0 saturated heterocycles. The van der Waals surface area contributed by atoms with Gasteiger partial charge in [-0.25, -0.2) is 0 Å². The molecule has 1 amide bonds. The Balaban J connectivity index is 1.42. The van der Waals surface area contributed by atoms with Crippen LogP contribution in [0.15, 0.2) is 23.4 Å². The van der Waals surface area contributed by atoms with Crippen molar-refractivity contribution in [2.24, 2.45) is 0 Å². The highest BCUT2D eigenvalue weighted by Gasteiger charge is 2.30. The molecule has 132 valence electrons. The van der Waals surface area contributed by atoms with Crippen LogP contribution in [-0.2, 0) is 4.79 Å². The quantitative estimate of drug-likeness (QED) is 0.826. The predicted octanol–water partition coefficient (Wildman–Crippen LogP) is 2.81. The lowest BCUT2D eigenvalue weighted by molar-refractivity contribution is -0.115. The third-order valence-electron chi connectivity index (χ3n) is 4.21. The van der Waals surface area contributed by atoms with E-state index in [9.17, 15) is 4.79 Å². The van der Waals surface area contributed by atoms with E-state index in [1.165, 1.54) is 11.8 Å². The second kappa shape index (κ2) is 6.59. The lowest BCUT2D eigenvalue weighted by atomic mass is 10.2. The van der Waals surface area contributed by atoms with Crippen molar-refractivity contribution in [1.29, 1.82) is 0 Å². The number of ether oxygens (including phenoxy) is 2. The van der Waals surface area contributed by atoms with E-state index >= 15 is 0 Å². The average molecular weight is 360 g/mol. The molecular formula is C17H20N4O3S. The number of nitrogens with one attached hydrogen (secondary N) is 1. The molecule has 2 heterocycles. The molecule has 2 aliphatic rings. The Morgan fingerprint density at radius 1 is 1.28 bits per heavy atom. The van der Waals surface area contributed by atoms with E-state index < -0.39 is 0 Å². The Hall–Kier alpha value is -2.22. The number of hydrogen-bond acceptors (Lipinski definition) is 6. The standard InChI is InChI=1S/C17H20N4O3S/c1-10(25-17-20-19-11(2)21(17)13-4-5-13)16(22)18-12-3-6-14-15(9-12)24-8-7-23-14/h3,6,9-10,13H,4-5,7-8H2,1-2H3,(H,18,22)/t10-/m0/s1. The molecule has 1 aliphatic carbocycles. The number of aromatic nitrogens is 3. The number of nitrogens with zero attached hydrogens (tertiary/aromatic N) is 3. The molecular weight excluding hydrogens is 340 g/mol. The summed E-state index contributed by atoms with van der Waals surface area (Å²) in [6.45, 7) is 4.90. The maximum absolute atomic E-state index is 12.5. The van der Waals surface area contributed by atoms with Gasteiger partial charge in [-0.2, -0.15) is 0 Å². The topological polar surface area (TPSA) is 78.3 Å². The van der Waals surface area contributed by atoms with Gasteiger partial charge in [-0.3, -0.25) is 4.79 Å². The molecule has 2 aromatic rings. The van der Waals surface area contributed by atoms with Gasteiger partial charge in [0.1, 0.15) is 19.0 Å². The Kier molecular flexibility index (Phi) is 4.29. The summed E-state index contributed by atoms with van der Waals surface area (Å²) in [6.07, 6.45) is 2.31. The first kappa shape index (κ1) is 16.3. The molecule has 0 bridgehead atoms. The molecule has 1 fully saturated rings. The van der Waals surface area contributed by atoms with Gasteiger partial charge in [-0.05, 0) is 38.8 Å². The molecule has 0 radical (unpaired) electrons. The monoisotopic (exact) mass is 360 g/mol. The number of amides is 1. The zero-order chi connectivity index (χ0) is 17.4. The highest BCUT2D eigenvalue weighted by Crippen LogP contribution is 2.39. The molecule has 0 spiro atoms. The number of benzene rings is 1. The fourth-order valence-electron chi connectivity index (χ4n) is 2.76. The summed E-state index contributed by atoms with van der Waals surface area (Å²) in [6, 6.07) is 5.92. The smallest absolute Gasteiger partial charge is 0.237 e. The first-order chi connectivity index (χ1) is 12.1. The van der Waals surface area contributed by atoms with E-state index in [0.717, 1.165) is 23.8 Å². The zero-order valence-electron chi connectivity index (χ0n) is 14.2.